The van der Waals surface area contributed by atoms with Gasteiger partial charge in [-0.2, -0.15) is 0 Å². The van der Waals surface area contributed by atoms with Crippen LogP contribution in [0.2, 0.25) is 0 Å². The monoisotopic (exact) mass is 259 g/mol. The molecule has 0 bridgehead atoms. The quantitative estimate of drug-likeness (QED) is 0.900. The van der Waals surface area contributed by atoms with Crippen LogP contribution in [0.15, 0.2) is 6.20 Å². The molecule has 0 unspecified atom stereocenters. The molecule has 1 aliphatic carbocycles. The van der Waals surface area contributed by atoms with Gasteiger partial charge in [0.05, 0.1) is 16.6 Å². The predicted molar refractivity (Wildman–Crippen MR) is 71.4 cm³/mol. The lowest BCUT2D eigenvalue weighted by Crippen LogP contribution is -2.04. The molecule has 0 saturated heterocycles. The zero-order valence-electron chi connectivity index (χ0n) is 11.2. The second kappa shape index (κ2) is 4.33. The van der Waals surface area contributed by atoms with E-state index in [2.05, 4.69) is 9.97 Å². The van der Waals surface area contributed by atoms with Gasteiger partial charge < -0.3 is 9.67 Å². The van der Waals surface area contributed by atoms with Crippen LogP contribution in [0.4, 0.5) is 0 Å². The number of aromatic nitrogens is 3. The Balaban J connectivity index is 2.20. The summed E-state index contributed by atoms with van der Waals surface area (Å²) in [7, 11) is 1.83. The largest absolute Gasteiger partial charge is 0.478 e. The standard InChI is InChI=1S/C14H17N3O2/c1-8-11-10(14(18)19)7-17(2)13(11)16-12(15-8)9-5-3-4-6-9/h7,9H,3-6H2,1-2H3,(H,18,19). The number of nitrogens with zero attached hydrogens (tertiary/aromatic N) is 3. The van der Waals surface area contributed by atoms with Crippen molar-refractivity contribution < 1.29 is 9.90 Å². The Hall–Kier alpha value is -1.91. The number of aryl methyl sites for hydroxylation is 2. The fourth-order valence-corrected chi connectivity index (χ4v) is 3.00. The van der Waals surface area contributed by atoms with Crippen molar-refractivity contribution in [2.75, 3.05) is 0 Å². The number of carboxylic acids is 1. The van der Waals surface area contributed by atoms with Crippen molar-refractivity contribution in [1.29, 1.82) is 0 Å². The first-order chi connectivity index (χ1) is 9.08. The molecule has 2 aromatic heterocycles. The van der Waals surface area contributed by atoms with E-state index in [1.54, 1.807) is 10.8 Å². The Bertz CT molecular complexity index is 654. The SMILES string of the molecule is Cc1nc(C2CCCC2)nc2c1c(C(=O)O)cn2C. The van der Waals surface area contributed by atoms with Gasteiger partial charge in [0, 0.05) is 19.2 Å². The normalized spacial score (nSPS) is 16.3. The van der Waals surface area contributed by atoms with E-state index in [0.29, 0.717) is 11.3 Å². The van der Waals surface area contributed by atoms with Crippen LogP contribution in [0.25, 0.3) is 11.0 Å². The van der Waals surface area contributed by atoms with E-state index in [4.69, 9.17) is 0 Å². The Morgan fingerprint density at radius 2 is 2.05 bits per heavy atom. The van der Waals surface area contributed by atoms with Crippen LogP contribution in [-0.4, -0.2) is 25.6 Å². The minimum absolute atomic E-state index is 0.285. The number of hydrogen-bond acceptors (Lipinski definition) is 3. The van der Waals surface area contributed by atoms with Gasteiger partial charge in [-0.15, -0.1) is 0 Å². The summed E-state index contributed by atoms with van der Waals surface area (Å²) in [5.74, 6) is 0.387. The van der Waals surface area contributed by atoms with E-state index in [1.165, 1.54) is 12.8 Å². The molecule has 0 radical (unpaired) electrons. The first-order valence-electron chi connectivity index (χ1n) is 6.65. The van der Waals surface area contributed by atoms with E-state index in [9.17, 15) is 9.90 Å². The van der Waals surface area contributed by atoms with Crippen molar-refractivity contribution in [2.24, 2.45) is 7.05 Å². The van der Waals surface area contributed by atoms with E-state index in [-0.39, 0.29) is 5.56 Å². The summed E-state index contributed by atoms with van der Waals surface area (Å²) in [6, 6.07) is 0. The maximum absolute atomic E-state index is 11.3. The molecule has 0 aliphatic heterocycles. The van der Waals surface area contributed by atoms with Crippen molar-refractivity contribution in [2.45, 2.75) is 38.5 Å². The molecule has 5 nitrogen and oxygen atoms in total. The van der Waals surface area contributed by atoms with Crippen LogP contribution in [0.3, 0.4) is 0 Å². The lowest BCUT2D eigenvalue weighted by molar-refractivity contribution is 0.0698. The van der Waals surface area contributed by atoms with Gasteiger partial charge in [0.1, 0.15) is 11.5 Å². The van der Waals surface area contributed by atoms with Gasteiger partial charge >= 0.3 is 5.97 Å². The van der Waals surface area contributed by atoms with Crippen LogP contribution >= 0.6 is 0 Å². The summed E-state index contributed by atoms with van der Waals surface area (Å²) in [5, 5.41) is 9.90. The molecule has 1 saturated carbocycles. The van der Waals surface area contributed by atoms with Crippen molar-refractivity contribution in [3.05, 3.63) is 23.3 Å². The van der Waals surface area contributed by atoms with Crippen molar-refractivity contribution in [3.63, 3.8) is 0 Å². The zero-order chi connectivity index (χ0) is 13.6. The van der Waals surface area contributed by atoms with E-state index in [1.807, 2.05) is 14.0 Å². The Morgan fingerprint density at radius 3 is 2.68 bits per heavy atom. The molecule has 0 amide bonds. The molecule has 2 aromatic rings. The molecular weight excluding hydrogens is 242 g/mol. The fraction of sp³-hybridized carbons (Fsp3) is 0.500. The second-order valence-corrected chi connectivity index (χ2v) is 5.31. The second-order valence-electron chi connectivity index (χ2n) is 5.31. The highest BCUT2D eigenvalue weighted by Crippen LogP contribution is 2.33. The van der Waals surface area contributed by atoms with Gasteiger partial charge in [0.25, 0.3) is 0 Å². The lowest BCUT2D eigenvalue weighted by atomic mass is 10.1. The minimum Gasteiger partial charge on any atom is -0.478 e. The van der Waals surface area contributed by atoms with Crippen LogP contribution in [0.1, 0.15) is 53.5 Å². The zero-order valence-corrected chi connectivity index (χ0v) is 11.2. The highest BCUT2D eigenvalue weighted by Gasteiger charge is 2.23. The Labute approximate surface area is 111 Å². The molecule has 0 spiro atoms. The smallest absolute Gasteiger partial charge is 0.338 e. The maximum Gasteiger partial charge on any atom is 0.338 e. The predicted octanol–water partition coefficient (Wildman–Crippen LogP) is 2.63. The Morgan fingerprint density at radius 1 is 1.37 bits per heavy atom. The van der Waals surface area contributed by atoms with E-state index in [0.717, 1.165) is 30.0 Å². The van der Waals surface area contributed by atoms with Crippen molar-refractivity contribution in [3.8, 4) is 0 Å². The molecule has 1 N–H and O–H groups in total. The third-order valence-corrected chi connectivity index (χ3v) is 3.97. The lowest BCUT2D eigenvalue weighted by Gasteiger charge is -2.09. The van der Waals surface area contributed by atoms with Gasteiger partial charge in [-0.05, 0) is 19.8 Å². The molecule has 5 heteroatoms. The number of aromatic carboxylic acids is 1. The van der Waals surface area contributed by atoms with Gasteiger partial charge in [-0.1, -0.05) is 12.8 Å². The summed E-state index contributed by atoms with van der Waals surface area (Å²) in [6.45, 7) is 1.87. The molecule has 3 rings (SSSR count). The highest BCUT2D eigenvalue weighted by atomic mass is 16.4. The average Bonchev–Trinajstić information content (AvgIpc) is 2.97. The van der Waals surface area contributed by atoms with Gasteiger partial charge in [-0.3, -0.25) is 0 Å². The molecule has 0 aromatic carbocycles. The molecule has 0 atom stereocenters. The molecule has 100 valence electrons. The van der Waals surface area contributed by atoms with Crippen LogP contribution in [-0.2, 0) is 7.05 Å². The number of hydrogen-bond donors (Lipinski definition) is 1. The van der Waals surface area contributed by atoms with Crippen LogP contribution in [0.5, 0.6) is 0 Å². The highest BCUT2D eigenvalue weighted by molar-refractivity contribution is 6.03. The third-order valence-electron chi connectivity index (χ3n) is 3.97. The summed E-state index contributed by atoms with van der Waals surface area (Å²) in [4.78, 5) is 20.4. The molecule has 1 fully saturated rings. The summed E-state index contributed by atoms with van der Waals surface area (Å²) >= 11 is 0. The molecule has 19 heavy (non-hydrogen) atoms. The maximum atomic E-state index is 11.3. The van der Waals surface area contributed by atoms with Gasteiger partial charge in [0.15, 0.2) is 0 Å². The number of fused-ring (bicyclic) bond motifs is 1. The third kappa shape index (κ3) is 1.89. The van der Waals surface area contributed by atoms with Crippen LogP contribution < -0.4 is 0 Å². The number of carboxylic acid groups (broad SMARTS) is 1. The number of rotatable bonds is 2. The summed E-state index contributed by atoms with van der Waals surface area (Å²) in [6.07, 6.45) is 6.37. The fourth-order valence-electron chi connectivity index (χ4n) is 3.00. The van der Waals surface area contributed by atoms with E-state index >= 15 is 0 Å². The topological polar surface area (TPSA) is 68.0 Å². The minimum atomic E-state index is -0.925. The first-order valence-corrected chi connectivity index (χ1v) is 6.65. The van der Waals surface area contributed by atoms with Crippen molar-refractivity contribution >= 4 is 17.0 Å². The average molecular weight is 259 g/mol. The molecule has 1 aliphatic rings. The molecule has 2 heterocycles. The van der Waals surface area contributed by atoms with Crippen molar-refractivity contribution in [1.82, 2.24) is 14.5 Å². The van der Waals surface area contributed by atoms with E-state index < -0.39 is 5.97 Å². The van der Waals surface area contributed by atoms with Crippen LogP contribution in [0, 0.1) is 6.92 Å². The number of carbonyl (C=O) groups is 1. The molecular formula is C14H17N3O2. The summed E-state index contributed by atoms with van der Waals surface area (Å²) < 4.78 is 1.78. The van der Waals surface area contributed by atoms with Gasteiger partial charge in [-0.25, -0.2) is 14.8 Å². The Kier molecular flexibility index (Phi) is 2.77. The summed E-state index contributed by atoms with van der Waals surface area (Å²) in [5.41, 5.74) is 1.78. The van der Waals surface area contributed by atoms with Gasteiger partial charge in [0.2, 0.25) is 0 Å². The first kappa shape index (κ1) is 12.1.